The summed E-state index contributed by atoms with van der Waals surface area (Å²) < 4.78 is 0. The largest absolute Gasteiger partial charge is 0.306 e. The molecule has 0 saturated heterocycles. The van der Waals surface area contributed by atoms with E-state index in [9.17, 15) is 4.79 Å². The van der Waals surface area contributed by atoms with Crippen LogP contribution in [-0.2, 0) is 4.79 Å². The second-order valence-electron chi connectivity index (χ2n) is 3.19. The van der Waals surface area contributed by atoms with Gasteiger partial charge in [-0.3, -0.25) is 0 Å². The molecule has 65 valence electrons. The topological polar surface area (TPSA) is 20.3 Å². The number of rotatable bonds is 3. The summed E-state index contributed by atoms with van der Waals surface area (Å²) in [4.78, 5) is 12.7. The lowest BCUT2D eigenvalue weighted by atomic mass is 9.90. The van der Waals surface area contributed by atoms with Crippen molar-refractivity contribution in [1.82, 2.24) is 4.90 Å². The van der Waals surface area contributed by atoms with Gasteiger partial charge in [0.25, 0.3) is 0 Å². The van der Waals surface area contributed by atoms with Crippen LogP contribution in [0.15, 0.2) is 0 Å². The van der Waals surface area contributed by atoms with Crippen LogP contribution in [0, 0.1) is 31.1 Å². The molecule has 2 heteroatoms. The summed E-state index contributed by atoms with van der Waals surface area (Å²) >= 11 is 0. The van der Waals surface area contributed by atoms with Gasteiger partial charge in [0.1, 0.15) is 6.29 Å². The molecule has 0 spiro atoms. The fraction of sp³-hybridized carbons (Fsp3) is 0.400. The molecule has 5 radical (unpaired) electrons. The first kappa shape index (κ1) is 9.72. The van der Waals surface area contributed by atoms with Gasteiger partial charge in [-0.15, -0.1) is 0 Å². The normalized spacial score (nSPS) is 23.3. The van der Waals surface area contributed by atoms with Gasteiger partial charge < -0.3 is 9.69 Å². The molecule has 0 aliphatic heterocycles. The minimum atomic E-state index is 0.306. The molecule has 1 saturated carbocycles. The third-order valence-electron chi connectivity index (χ3n) is 2.24. The van der Waals surface area contributed by atoms with Gasteiger partial charge in [0, 0.05) is 12.0 Å². The highest BCUT2D eigenvalue weighted by molar-refractivity contribution is 5.81. The Hall–Kier alpha value is -0.370. The van der Waals surface area contributed by atoms with Gasteiger partial charge in [-0.05, 0) is 40.3 Å². The van der Waals surface area contributed by atoms with Gasteiger partial charge in [0.2, 0.25) is 0 Å². The highest BCUT2D eigenvalue weighted by Crippen LogP contribution is 2.35. The van der Waals surface area contributed by atoms with Crippen molar-refractivity contribution in [2.24, 2.45) is 0 Å². The minimum Gasteiger partial charge on any atom is -0.306 e. The van der Waals surface area contributed by atoms with Gasteiger partial charge in [-0.2, -0.15) is 0 Å². The quantitative estimate of drug-likeness (QED) is 0.578. The van der Waals surface area contributed by atoms with Crippen LogP contribution in [0.4, 0.5) is 0 Å². The van der Waals surface area contributed by atoms with E-state index in [-0.39, 0.29) is 0 Å². The smallest absolute Gasteiger partial charge is 0.128 e. The Labute approximate surface area is 74.9 Å². The van der Waals surface area contributed by atoms with Crippen LogP contribution in [0.3, 0.4) is 0 Å². The van der Waals surface area contributed by atoms with Crippen LogP contribution < -0.4 is 0 Å². The van der Waals surface area contributed by atoms with Gasteiger partial charge in [-0.25, -0.2) is 0 Å². The van der Waals surface area contributed by atoms with E-state index < -0.39 is 0 Å². The Bertz CT molecular complexity index is 156. The number of nitrogens with zero attached hydrogens (tertiary/aromatic N) is 1. The predicted molar refractivity (Wildman–Crippen MR) is 48.6 cm³/mol. The van der Waals surface area contributed by atoms with Crippen molar-refractivity contribution in [3.8, 4) is 0 Å². The summed E-state index contributed by atoms with van der Waals surface area (Å²) in [5.74, 6) is 1.91. The first-order valence-corrected chi connectivity index (χ1v) is 4.04. The highest BCUT2D eigenvalue weighted by Gasteiger charge is 2.33. The molecule has 0 unspecified atom stereocenters. The molecule has 0 aromatic rings. The molecule has 1 aliphatic carbocycles. The summed E-state index contributed by atoms with van der Waals surface area (Å²) in [6.45, 7) is 2.09. The molecule has 0 N–H and O–H groups in total. The minimum absolute atomic E-state index is 0.306. The standard InChI is InChI=1S/C10H14NO/c1-8(11(2)3)10-6-4-5-9(10)7-12/h4-8H,1-3H3/t8-/m0/s1. The molecule has 0 heterocycles. The summed E-state index contributed by atoms with van der Waals surface area (Å²) in [7, 11) is 4.01. The Balaban J connectivity index is 2.54. The lowest BCUT2D eigenvalue weighted by molar-refractivity contribution is -0.106. The molecule has 12 heavy (non-hydrogen) atoms. The van der Waals surface area contributed by atoms with Crippen molar-refractivity contribution >= 4 is 6.29 Å². The van der Waals surface area contributed by atoms with Crippen LogP contribution in [-0.4, -0.2) is 31.3 Å². The molecular formula is C10H14NO. The van der Waals surface area contributed by atoms with Crippen LogP contribution in [0.2, 0.25) is 0 Å². The van der Waals surface area contributed by atoms with E-state index in [2.05, 4.69) is 11.8 Å². The average Bonchev–Trinajstić information content (AvgIpc) is 2.49. The van der Waals surface area contributed by atoms with Crippen LogP contribution in [0.25, 0.3) is 0 Å². The Morgan fingerprint density at radius 3 is 2.58 bits per heavy atom. The lowest BCUT2D eigenvalue weighted by Crippen LogP contribution is -2.32. The molecule has 1 atom stereocenters. The van der Waals surface area contributed by atoms with Crippen LogP contribution in [0.1, 0.15) is 6.92 Å². The zero-order chi connectivity index (χ0) is 9.14. The molecule has 0 amide bonds. The highest BCUT2D eigenvalue weighted by atomic mass is 16.1. The third-order valence-corrected chi connectivity index (χ3v) is 2.24. The molecule has 0 bridgehead atoms. The van der Waals surface area contributed by atoms with Crippen molar-refractivity contribution in [1.29, 1.82) is 0 Å². The molecule has 1 rings (SSSR count). The summed E-state index contributed by atoms with van der Waals surface area (Å²) in [5, 5.41) is 0. The SMILES string of the molecule is C[C@@H]([C]1[CH][CH][CH][C]1C=O)N(C)C. The fourth-order valence-corrected chi connectivity index (χ4v) is 1.21. The second-order valence-corrected chi connectivity index (χ2v) is 3.19. The van der Waals surface area contributed by atoms with E-state index in [0.717, 1.165) is 18.1 Å². The van der Waals surface area contributed by atoms with E-state index >= 15 is 0 Å². The molecule has 2 nitrogen and oxygen atoms in total. The Morgan fingerprint density at radius 2 is 2.08 bits per heavy atom. The predicted octanol–water partition coefficient (Wildman–Crippen LogP) is 0.911. The fourth-order valence-electron chi connectivity index (χ4n) is 1.21. The number of carbonyl (C=O) groups excluding carboxylic acids is 1. The summed E-state index contributed by atoms with van der Waals surface area (Å²) in [6, 6.07) is 0.306. The number of hydrogen-bond donors (Lipinski definition) is 0. The maximum Gasteiger partial charge on any atom is 0.128 e. The van der Waals surface area contributed by atoms with Gasteiger partial charge in [-0.1, -0.05) is 0 Å². The van der Waals surface area contributed by atoms with Crippen LogP contribution >= 0.6 is 0 Å². The molecule has 0 aromatic carbocycles. The van der Waals surface area contributed by atoms with Gasteiger partial charge in [0.05, 0.1) is 5.92 Å². The van der Waals surface area contributed by atoms with Gasteiger partial charge in [0.15, 0.2) is 0 Å². The molecule has 1 fully saturated rings. The first-order chi connectivity index (χ1) is 5.66. The van der Waals surface area contributed by atoms with E-state index in [1.165, 1.54) is 0 Å². The lowest BCUT2D eigenvalue weighted by Gasteiger charge is -2.27. The summed E-state index contributed by atoms with van der Waals surface area (Å²) in [6.07, 6.45) is 6.67. The van der Waals surface area contributed by atoms with E-state index in [1.807, 2.05) is 33.4 Å². The van der Waals surface area contributed by atoms with Gasteiger partial charge >= 0.3 is 0 Å². The van der Waals surface area contributed by atoms with Crippen molar-refractivity contribution in [2.75, 3.05) is 14.1 Å². The first-order valence-electron chi connectivity index (χ1n) is 4.04. The third kappa shape index (κ3) is 1.86. The second kappa shape index (κ2) is 4.04. The molecular weight excluding hydrogens is 150 g/mol. The number of aldehydes is 1. The Morgan fingerprint density at radius 1 is 1.42 bits per heavy atom. The van der Waals surface area contributed by atoms with E-state index in [1.54, 1.807) is 0 Å². The zero-order valence-corrected chi connectivity index (χ0v) is 7.74. The van der Waals surface area contributed by atoms with Crippen molar-refractivity contribution in [3.63, 3.8) is 0 Å². The van der Waals surface area contributed by atoms with Crippen molar-refractivity contribution < 1.29 is 4.79 Å². The molecule has 0 aromatic heterocycles. The van der Waals surface area contributed by atoms with Crippen molar-refractivity contribution in [2.45, 2.75) is 13.0 Å². The van der Waals surface area contributed by atoms with E-state index in [4.69, 9.17) is 0 Å². The van der Waals surface area contributed by atoms with Crippen LogP contribution in [0.5, 0.6) is 0 Å². The maximum atomic E-state index is 10.6. The average molecular weight is 164 g/mol. The monoisotopic (exact) mass is 164 g/mol. The molecule has 1 aliphatic rings. The zero-order valence-electron chi connectivity index (χ0n) is 7.74. The summed E-state index contributed by atoms with van der Waals surface area (Å²) in [5.41, 5.74) is 0. The maximum absolute atomic E-state index is 10.6. The van der Waals surface area contributed by atoms with Crippen molar-refractivity contribution in [3.05, 3.63) is 31.1 Å². The van der Waals surface area contributed by atoms with E-state index in [0.29, 0.717) is 6.04 Å². The number of hydrogen-bond acceptors (Lipinski definition) is 2. The number of carbonyl (C=O) groups is 1. The Kier molecular flexibility index (Phi) is 3.27.